The van der Waals surface area contributed by atoms with Gasteiger partial charge < -0.3 is 20.2 Å². The van der Waals surface area contributed by atoms with Gasteiger partial charge in [0, 0.05) is 43.3 Å². The fraction of sp³-hybridized carbons (Fsp3) is 0.474. The third kappa shape index (κ3) is 4.48. The minimum absolute atomic E-state index is 0.0210. The Morgan fingerprint density at radius 2 is 2.04 bits per heavy atom. The smallest absolute Gasteiger partial charge is 0.414 e. The number of nitrogens with zero attached hydrogens (tertiary/aromatic N) is 4. The maximum absolute atomic E-state index is 12.1. The minimum Gasteiger partial charge on any atom is -0.444 e. The molecular formula is C19H23N5O4. The number of nitro groups is 1. The van der Waals surface area contributed by atoms with E-state index in [-0.39, 0.29) is 11.7 Å². The number of carbonyl (C=O) groups excluding carboxylic acids is 1. The first-order valence-electron chi connectivity index (χ1n) is 9.52. The normalized spacial score (nSPS) is 17.1. The molecule has 0 unspecified atom stereocenters. The van der Waals surface area contributed by atoms with Crippen LogP contribution in [0.1, 0.15) is 28.8 Å². The lowest BCUT2D eigenvalue weighted by Crippen LogP contribution is -2.33. The zero-order valence-electron chi connectivity index (χ0n) is 15.5. The summed E-state index contributed by atoms with van der Waals surface area (Å²) in [6, 6.07) is 7.95. The van der Waals surface area contributed by atoms with E-state index in [2.05, 4.69) is 15.2 Å². The minimum atomic E-state index is -0.513. The SMILES string of the molecule is O=C(NCC1CC1)c1ccc(CN2CCOc3nc([N+](=O)[O-])cn3CC2)cc1. The van der Waals surface area contributed by atoms with Crippen LogP contribution in [-0.2, 0) is 13.1 Å². The molecule has 1 aromatic heterocycles. The summed E-state index contributed by atoms with van der Waals surface area (Å²) >= 11 is 0. The molecule has 1 aliphatic heterocycles. The summed E-state index contributed by atoms with van der Waals surface area (Å²) in [5.41, 5.74) is 1.78. The molecule has 2 aromatic rings. The number of benzene rings is 1. The van der Waals surface area contributed by atoms with Crippen molar-refractivity contribution in [2.45, 2.75) is 25.9 Å². The van der Waals surface area contributed by atoms with Gasteiger partial charge in [-0.1, -0.05) is 12.1 Å². The van der Waals surface area contributed by atoms with E-state index in [9.17, 15) is 14.9 Å². The number of imidazole rings is 1. The summed E-state index contributed by atoms with van der Waals surface area (Å²) in [7, 11) is 0. The molecule has 1 fully saturated rings. The van der Waals surface area contributed by atoms with Crippen molar-refractivity contribution in [1.82, 2.24) is 19.8 Å². The second-order valence-electron chi connectivity index (χ2n) is 7.31. The standard InChI is InChI=1S/C19H23N5O4/c25-18(20-11-14-1-2-14)16-5-3-15(4-6-16)12-22-7-8-23-13-17(24(26)27)21-19(23)28-10-9-22/h3-6,13-14H,1-2,7-12H2,(H,20,25). The van der Waals surface area contributed by atoms with Crippen LogP contribution in [-0.4, -0.2) is 51.5 Å². The van der Waals surface area contributed by atoms with Gasteiger partial charge in [0.2, 0.25) is 0 Å². The van der Waals surface area contributed by atoms with Crippen LogP contribution in [0.15, 0.2) is 30.5 Å². The van der Waals surface area contributed by atoms with Crippen molar-refractivity contribution in [3.8, 4) is 6.01 Å². The van der Waals surface area contributed by atoms with Crippen molar-refractivity contribution in [3.63, 3.8) is 0 Å². The number of ether oxygens (including phenoxy) is 1. The topological polar surface area (TPSA) is 103 Å². The van der Waals surface area contributed by atoms with E-state index < -0.39 is 4.92 Å². The monoisotopic (exact) mass is 385 g/mol. The van der Waals surface area contributed by atoms with Crippen LogP contribution in [0.25, 0.3) is 0 Å². The number of amides is 1. The molecule has 1 aromatic carbocycles. The molecule has 1 N–H and O–H groups in total. The molecule has 28 heavy (non-hydrogen) atoms. The van der Waals surface area contributed by atoms with E-state index in [1.54, 1.807) is 4.57 Å². The number of rotatable bonds is 6. The highest BCUT2D eigenvalue weighted by atomic mass is 16.6. The van der Waals surface area contributed by atoms with E-state index in [1.165, 1.54) is 19.0 Å². The molecule has 9 nitrogen and oxygen atoms in total. The Kier molecular flexibility index (Phi) is 5.25. The van der Waals surface area contributed by atoms with Crippen molar-refractivity contribution in [2.75, 3.05) is 26.2 Å². The lowest BCUT2D eigenvalue weighted by atomic mass is 10.1. The first-order chi connectivity index (χ1) is 13.6. The molecule has 148 valence electrons. The van der Waals surface area contributed by atoms with Gasteiger partial charge in [-0.2, -0.15) is 0 Å². The van der Waals surface area contributed by atoms with E-state index in [1.807, 2.05) is 24.3 Å². The lowest BCUT2D eigenvalue weighted by Gasteiger charge is -2.24. The second-order valence-corrected chi connectivity index (χ2v) is 7.31. The van der Waals surface area contributed by atoms with E-state index >= 15 is 0 Å². The average molecular weight is 385 g/mol. The van der Waals surface area contributed by atoms with Gasteiger partial charge in [0.1, 0.15) is 12.8 Å². The Morgan fingerprint density at radius 3 is 2.75 bits per heavy atom. The van der Waals surface area contributed by atoms with Crippen LogP contribution >= 0.6 is 0 Å². The molecule has 0 saturated heterocycles. The molecule has 0 atom stereocenters. The number of hydrogen-bond acceptors (Lipinski definition) is 6. The largest absolute Gasteiger partial charge is 0.444 e. The van der Waals surface area contributed by atoms with Crippen molar-refractivity contribution < 1.29 is 14.5 Å². The average Bonchev–Trinajstić information content (AvgIpc) is 3.42. The number of nitrogens with one attached hydrogen (secondary N) is 1. The molecule has 1 amide bonds. The Hall–Kier alpha value is -2.94. The summed E-state index contributed by atoms with van der Waals surface area (Å²) in [6.45, 7) is 3.90. The first kappa shape index (κ1) is 18.4. The van der Waals surface area contributed by atoms with E-state index in [0.29, 0.717) is 37.2 Å². The molecule has 0 spiro atoms. The molecule has 2 heterocycles. The van der Waals surface area contributed by atoms with Gasteiger partial charge in [0.05, 0.1) is 0 Å². The van der Waals surface area contributed by atoms with Gasteiger partial charge in [-0.15, -0.1) is 0 Å². The van der Waals surface area contributed by atoms with Crippen LogP contribution < -0.4 is 10.1 Å². The quantitative estimate of drug-likeness (QED) is 0.601. The summed E-state index contributed by atoms with van der Waals surface area (Å²) in [6.07, 6.45) is 3.84. The van der Waals surface area contributed by atoms with Gasteiger partial charge in [0.15, 0.2) is 0 Å². The molecule has 2 aliphatic rings. The van der Waals surface area contributed by atoms with Crippen LogP contribution in [0.2, 0.25) is 0 Å². The van der Waals surface area contributed by atoms with Crippen LogP contribution in [0.5, 0.6) is 6.01 Å². The molecule has 0 bridgehead atoms. The molecular weight excluding hydrogens is 362 g/mol. The predicted molar refractivity (Wildman–Crippen MR) is 101 cm³/mol. The van der Waals surface area contributed by atoms with Gasteiger partial charge in [-0.25, -0.2) is 0 Å². The van der Waals surface area contributed by atoms with E-state index in [4.69, 9.17) is 4.74 Å². The summed E-state index contributed by atoms with van der Waals surface area (Å²) in [5.74, 6) is 0.446. The van der Waals surface area contributed by atoms with Crippen molar-refractivity contribution in [1.29, 1.82) is 0 Å². The van der Waals surface area contributed by atoms with Gasteiger partial charge in [0.25, 0.3) is 5.91 Å². The third-order valence-corrected chi connectivity index (χ3v) is 5.08. The zero-order valence-corrected chi connectivity index (χ0v) is 15.5. The molecule has 1 saturated carbocycles. The second kappa shape index (κ2) is 7.97. The van der Waals surface area contributed by atoms with E-state index in [0.717, 1.165) is 25.2 Å². The van der Waals surface area contributed by atoms with Crippen molar-refractivity contribution in [2.24, 2.45) is 5.92 Å². The number of fused-ring (bicyclic) bond motifs is 1. The fourth-order valence-electron chi connectivity index (χ4n) is 3.21. The lowest BCUT2D eigenvalue weighted by molar-refractivity contribution is -0.389. The summed E-state index contributed by atoms with van der Waals surface area (Å²) < 4.78 is 7.26. The molecule has 9 heteroatoms. The molecule has 1 aliphatic carbocycles. The predicted octanol–water partition coefficient (Wildman–Crippen LogP) is 1.83. The van der Waals surface area contributed by atoms with Crippen LogP contribution in [0.4, 0.5) is 5.82 Å². The number of carbonyl (C=O) groups is 1. The maximum Gasteiger partial charge on any atom is 0.414 e. The summed E-state index contributed by atoms with van der Waals surface area (Å²) in [5, 5.41) is 13.9. The third-order valence-electron chi connectivity index (χ3n) is 5.08. The highest BCUT2D eigenvalue weighted by molar-refractivity contribution is 5.94. The van der Waals surface area contributed by atoms with Gasteiger partial charge in [-0.3, -0.25) is 14.3 Å². The van der Waals surface area contributed by atoms with Gasteiger partial charge in [-0.05, 0) is 41.4 Å². The molecule has 0 radical (unpaired) electrons. The highest BCUT2D eigenvalue weighted by Gasteiger charge is 2.23. The number of hydrogen-bond donors (Lipinski definition) is 1. The van der Waals surface area contributed by atoms with Crippen LogP contribution in [0.3, 0.4) is 0 Å². The Labute approximate surface area is 162 Å². The van der Waals surface area contributed by atoms with Crippen LogP contribution in [0, 0.1) is 16.0 Å². The zero-order chi connectivity index (χ0) is 19.5. The fourth-order valence-corrected chi connectivity index (χ4v) is 3.21. The van der Waals surface area contributed by atoms with Crippen molar-refractivity contribution in [3.05, 3.63) is 51.7 Å². The maximum atomic E-state index is 12.1. The molecule has 4 rings (SSSR count). The Morgan fingerprint density at radius 1 is 1.25 bits per heavy atom. The highest BCUT2D eigenvalue weighted by Crippen LogP contribution is 2.27. The van der Waals surface area contributed by atoms with Gasteiger partial charge >= 0.3 is 11.8 Å². The summed E-state index contributed by atoms with van der Waals surface area (Å²) in [4.78, 5) is 28.6. The number of aromatic nitrogens is 2. The Balaban J connectivity index is 1.33. The first-order valence-corrected chi connectivity index (χ1v) is 9.52. The Bertz CT molecular complexity index is 860. The van der Waals surface area contributed by atoms with Crippen molar-refractivity contribution >= 4 is 11.7 Å².